The molecule has 2 aromatic rings. The largest absolute Gasteiger partial charge is 0.326 e. The number of hydrogen-bond acceptors (Lipinski definition) is 2. The Kier molecular flexibility index (Phi) is 4.51. The van der Waals surface area contributed by atoms with Gasteiger partial charge in [0.05, 0.1) is 0 Å². The van der Waals surface area contributed by atoms with Crippen molar-refractivity contribution in [3.05, 3.63) is 59.7 Å². The van der Waals surface area contributed by atoms with Crippen LogP contribution in [0.25, 0.3) is 0 Å². The van der Waals surface area contributed by atoms with Crippen LogP contribution in [-0.2, 0) is 4.79 Å². The molecule has 1 atom stereocenters. The lowest BCUT2D eigenvalue weighted by molar-refractivity contribution is -0.118. The standard InChI is InChI=1S/C19H21N3O2/c1-13-7-6-10-16(14(13)2)20-19(24)21-17-11-12-22(18(17)23)15-8-4-3-5-9-15/h3-10,17H,11-12H2,1-2H3,(H2,20,21,24)/t17-/m1/s1. The Morgan fingerprint density at radius 2 is 1.83 bits per heavy atom. The topological polar surface area (TPSA) is 61.4 Å². The highest BCUT2D eigenvalue weighted by Crippen LogP contribution is 2.22. The maximum absolute atomic E-state index is 12.5. The van der Waals surface area contributed by atoms with Gasteiger partial charge in [0.15, 0.2) is 0 Å². The maximum Gasteiger partial charge on any atom is 0.319 e. The lowest BCUT2D eigenvalue weighted by Crippen LogP contribution is -2.43. The van der Waals surface area contributed by atoms with Gasteiger partial charge in [0.1, 0.15) is 6.04 Å². The fraction of sp³-hybridized carbons (Fsp3) is 0.263. The highest BCUT2D eigenvalue weighted by Gasteiger charge is 2.33. The van der Waals surface area contributed by atoms with E-state index in [-0.39, 0.29) is 11.9 Å². The zero-order chi connectivity index (χ0) is 17.1. The smallest absolute Gasteiger partial charge is 0.319 e. The minimum absolute atomic E-state index is 0.0719. The summed E-state index contributed by atoms with van der Waals surface area (Å²) in [5.74, 6) is -0.0719. The van der Waals surface area contributed by atoms with Crippen LogP contribution in [0.5, 0.6) is 0 Å². The van der Waals surface area contributed by atoms with Crippen LogP contribution in [-0.4, -0.2) is 24.5 Å². The molecule has 5 heteroatoms. The first-order chi connectivity index (χ1) is 11.6. The Morgan fingerprint density at radius 1 is 1.08 bits per heavy atom. The Bertz CT molecular complexity index is 758. The summed E-state index contributed by atoms with van der Waals surface area (Å²) in [5, 5.41) is 5.61. The predicted molar refractivity (Wildman–Crippen MR) is 95.3 cm³/mol. The second-order valence-corrected chi connectivity index (χ2v) is 6.01. The number of benzene rings is 2. The fourth-order valence-electron chi connectivity index (χ4n) is 2.88. The third kappa shape index (κ3) is 3.25. The lowest BCUT2D eigenvalue weighted by Gasteiger charge is -2.17. The number of para-hydroxylation sites is 1. The molecule has 24 heavy (non-hydrogen) atoms. The van der Waals surface area contributed by atoms with E-state index in [2.05, 4.69) is 10.6 Å². The molecule has 0 aromatic heterocycles. The molecule has 0 radical (unpaired) electrons. The molecule has 1 fully saturated rings. The molecule has 3 rings (SSSR count). The third-order valence-electron chi connectivity index (χ3n) is 4.43. The molecule has 124 valence electrons. The predicted octanol–water partition coefficient (Wildman–Crippen LogP) is 3.23. The zero-order valence-corrected chi connectivity index (χ0v) is 13.9. The molecular formula is C19H21N3O2. The van der Waals surface area contributed by atoms with Crippen LogP contribution < -0.4 is 15.5 Å². The number of hydrogen-bond donors (Lipinski definition) is 2. The fourth-order valence-corrected chi connectivity index (χ4v) is 2.88. The molecule has 0 aliphatic carbocycles. The summed E-state index contributed by atoms with van der Waals surface area (Å²) in [4.78, 5) is 26.4. The van der Waals surface area contributed by atoms with E-state index in [0.717, 1.165) is 22.5 Å². The number of carbonyl (C=O) groups is 2. The van der Waals surface area contributed by atoms with Crippen molar-refractivity contribution >= 4 is 23.3 Å². The maximum atomic E-state index is 12.5. The quantitative estimate of drug-likeness (QED) is 0.911. The van der Waals surface area contributed by atoms with Crippen molar-refractivity contribution < 1.29 is 9.59 Å². The van der Waals surface area contributed by atoms with Gasteiger partial charge in [0.2, 0.25) is 5.91 Å². The van der Waals surface area contributed by atoms with Crippen molar-refractivity contribution in [3.63, 3.8) is 0 Å². The first kappa shape index (κ1) is 16.1. The SMILES string of the molecule is Cc1cccc(NC(=O)N[C@@H]2CCN(c3ccccc3)C2=O)c1C. The highest BCUT2D eigenvalue weighted by atomic mass is 16.2. The minimum atomic E-state index is -0.490. The molecule has 0 saturated carbocycles. The van der Waals surface area contributed by atoms with Crippen molar-refractivity contribution in [3.8, 4) is 0 Å². The first-order valence-corrected chi connectivity index (χ1v) is 8.06. The van der Waals surface area contributed by atoms with E-state index in [9.17, 15) is 9.59 Å². The van der Waals surface area contributed by atoms with Gasteiger partial charge in [-0.05, 0) is 49.6 Å². The second-order valence-electron chi connectivity index (χ2n) is 6.01. The molecule has 1 saturated heterocycles. The molecule has 0 spiro atoms. The molecule has 2 N–H and O–H groups in total. The number of anilines is 2. The number of carbonyl (C=O) groups excluding carboxylic acids is 2. The van der Waals surface area contributed by atoms with Gasteiger partial charge in [-0.15, -0.1) is 0 Å². The summed E-state index contributed by atoms with van der Waals surface area (Å²) < 4.78 is 0. The van der Waals surface area contributed by atoms with Gasteiger partial charge in [0.25, 0.3) is 0 Å². The van der Waals surface area contributed by atoms with Crippen molar-refractivity contribution in [1.29, 1.82) is 0 Å². The summed E-state index contributed by atoms with van der Waals surface area (Å²) in [5.41, 5.74) is 3.76. The van der Waals surface area contributed by atoms with Gasteiger partial charge < -0.3 is 15.5 Å². The van der Waals surface area contributed by atoms with Gasteiger partial charge in [-0.2, -0.15) is 0 Å². The average Bonchev–Trinajstić information content (AvgIpc) is 2.93. The van der Waals surface area contributed by atoms with Gasteiger partial charge in [-0.25, -0.2) is 4.79 Å². The second kappa shape index (κ2) is 6.74. The van der Waals surface area contributed by atoms with Crippen LogP contribution in [0, 0.1) is 13.8 Å². The van der Waals surface area contributed by atoms with E-state index >= 15 is 0 Å². The van der Waals surface area contributed by atoms with Crippen LogP contribution in [0.1, 0.15) is 17.5 Å². The normalized spacial score (nSPS) is 17.0. The van der Waals surface area contributed by atoms with E-state index in [1.165, 1.54) is 0 Å². The lowest BCUT2D eigenvalue weighted by atomic mass is 10.1. The van der Waals surface area contributed by atoms with E-state index in [1.54, 1.807) is 4.90 Å². The van der Waals surface area contributed by atoms with Crippen molar-refractivity contribution in [2.45, 2.75) is 26.3 Å². The number of nitrogens with zero attached hydrogens (tertiary/aromatic N) is 1. The summed E-state index contributed by atoms with van der Waals surface area (Å²) in [6, 6.07) is 14.4. The molecule has 1 heterocycles. The summed E-state index contributed by atoms with van der Waals surface area (Å²) >= 11 is 0. The van der Waals surface area contributed by atoms with Gasteiger partial charge in [-0.1, -0.05) is 30.3 Å². The Hall–Kier alpha value is -2.82. The number of nitrogens with one attached hydrogen (secondary N) is 2. The van der Waals surface area contributed by atoms with Gasteiger partial charge >= 0.3 is 6.03 Å². The Morgan fingerprint density at radius 3 is 2.58 bits per heavy atom. The molecule has 0 unspecified atom stereocenters. The molecule has 0 bridgehead atoms. The molecule has 1 aliphatic heterocycles. The van der Waals surface area contributed by atoms with E-state index in [4.69, 9.17) is 0 Å². The van der Waals surface area contributed by atoms with Crippen molar-refractivity contribution in [2.75, 3.05) is 16.8 Å². The van der Waals surface area contributed by atoms with E-state index in [1.807, 2.05) is 62.4 Å². The summed E-state index contributed by atoms with van der Waals surface area (Å²) in [7, 11) is 0. The number of amides is 3. The van der Waals surface area contributed by atoms with Crippen LogP contribution in [0.15, 0.2) is 48.5 Å². The number of rotatable bonds is 3. The highest BCUT2D eigenvalue weighted by molar-refractivity contribution is 6.02. The van der Waals surface area contributed by atoms with Crippen LogP contribution >= 0.6 is 0 Å². The first-order valence-electron chi connectivity index (χ1n) is 8.06. The van der Waals surface area contributed by atoms with E-state index in [0.29, 0.717) is 13.0 Å². The summed E-state index contributed by atoms with van der Waals surface area (Å²) in [6.45, 7) is 4.57. The molecule has 3 amide bonds. The molecule has 1 aliphatic rings. The zero-order valence-electron chi connectivity index (χ0n) is 13.9. The molecule has 5 nitrogen and oxygen atoms in total. The van der Waals surface area contributed by atoms with Crippen LogP contribution in [0.3, 0.4) is 0 Å². The monoisotopic (exact) mass is 323 g/mol. The molecule has 2 aromatic carbocycles. The van der Waals surface area contributed by atoms with Gasteiger partial charge in [0, 0.05) is 17.9 Å². The van der Waals surface area contributed by atoms with E-state index < -0.39 is 6.04 Å². The van der Waals surface area contributed by atoms with Gasteiger partial charge in [-0.3, -0.25) is 4.79 Å². The average molecular weight is 323 g/mol. The Labute approximate surface area is 141 Å². The van der Waals surface area contributed by atoms with Crippen molar-refractivity contribution in [1.82, 2.24) is 5.32 Å². The van der Waals surface area contributed by atoms with Crippen LogP contribution in [0.4, 0.5) is 16.2 Å². The minimum Gasteiger partial charge on any atom is -0.326 e. The number of aryl methyl sites for hydroxylation is 1. The van der Waals surface area contributed by atoms with Crippen LogP contribution in [0.2, 0.25) is 0 Å². The number of urea groups is 1. The summed E-state index contributed by atoms with van der Waals surface area (Å²) in [6.07, 6.45) is 0.605. The molecular weight excluding hydrogens is 302 g/mol. The Balaban J connectivity index is 1.63. The van der Waals surface area contributed by atoms with Crippen molar-refractivity contribution in [2.24, 2.45) is 0 Å². The third-order valence-corrected chi connectivity index (χ3v) is 4.43.